The van der Waals surface area contributed by atoms with Crippen LogP contribution in [0.2, 0.25) is 0 Å². The Morgan fingerprint density at radius 2 is 1.73 bits per heavy atom. The van der Waals surface area contributed by atoms with E-state index in [4.69, 9.17) is 4.74 Å². The first-order valence-electron chi connectivity index (χ1n) is 9.41. The average molecular weight is 467 g/mol. The Hall–Kier alpha value is -3.83. The van der Waals surface area contributed by atoms with Crippen molar-refractivity contribution < 1.29 is 31.1 Å². The van der Waals surface area contributed by atoms with Crippen molar-refractivity contribution in [1.29, 1.82) is 0 Å². The normalized spacial score (nSPS) is 13.2. The zero-order chi connectivity index (χ0) is 23.8. The fraction of sp³-hybridized carbons (Fsp3) is 0.190. The number of benzene rings is 1. The maximum Gasteiger partial charge on any atom is 0.433 e. The molecule has 172 valence electrons. The number of rotatable bonds is 5. The molecule has 33 heavy (non-hydrogen) atoms. The number of nitrogens with one attached hydrogen (secondary N) is 1. The van der Waals surface area contributed by atoms with E-state index in [0.29, 0.717) is 28.4 Å². The lowest BCUT2D eigenvalue weighted by Crippen LogP contribution is -2.27. The quantitative estimate of drug-likeness (QED) is 0.390. The summed E-state index contributed by atoms with van der Waals surface area (Å²) in [6.45, 7) is 0. The zero-order valence-corrected chi connectivity index (χ0v) is 16.8. The van der Waals surface area contributed by atoms with Gasteiger partial charge in [0, 0.05) is 40.6 Å². The highest BCUT2D eigenvalue weighted by Gasteiger charge is 2.42. The van der Waals surface area contributed by atoms with Crippen molar-refractivity contribution in [3.63, 3.8) is 0 Å². The van der Waals surface area contributed by atoms with Gasteiger partial charge in [-0.1, -0.05) is 6.07 Å². The van der Waals surface area contributed by atoms with Gasteiger partial charge in [0.1, 0.15) is 5.69 Å². The largest absolute Gasteiger partial charge is 0.481 e. The molecule has 1 aromatic carbocycles. The summed E-state index contributed by atoms with van der Waals surface area (Å²) in [5.41, 5.74) is -1.50. The first-order chi connectivity index (χ1) is 15.6. The van der Waals surface area contributed by atoms with Gasteiger partial charge >= 0.3 is 12.4 Å². The number of anilines is 1. The number of hydrogen-bond donors (Lipinski definition) is 1. The molecule has 0 aliphatic carbocycles. The Kier molecular flexibility index (Phi) is 5.60. The topological polar surface area (TPSA) is 64.9 Å². The molecule has 0 spiro atoms. The van der Waals surface area contributed by atoms with Crippen molar-refractivity contribution in [2.24, 2.45) is 0 Å². The van der Waals surface area contributed by atoms with E-state index in [-0.39, 0.29) is 11.3 Å². The van der Waals surface area contributed by atoms with Crippen molar-refractivity contribution in [3.8, 4) is 11.6 Å². The first kappa shape index (κ1) is 22.4. The number of nitrogens with zero attached hydrogens (tertiary/aromatic N) is 4. The molecular weight excluding hydrogens is 452 g/mol. The van der Waals surface area contributed by atoms with Gasteiger partial charge in [0.25, 0.3) is 0 Å². The molecule has 0 saturated heterocycles. The second-order valence-electron chi connectivity index (χ2n) is 6.96. The van der Waals surface area contributed by atoms with E-state index in [9.17, 15) is 26.3 Å². The molecule has 1 N–H and O–H groups in total. The second kappa shape index (κ2) is 8.26. The van der Waals surface area contributed by atoms with Crippen LogP contribution in [0.15, 0.2) is 61.2 Å². The molecule has 0 aliphatic rings. The molecule has 0 bridgehead atoms. The standard InChI is InChI=1S/C21H15F6N5O/c1-33-19-15-3-2-4-16(14(15)6-8-29-19)32-11-12(10-30-32)18(21(25,26)27)31-13-5-7-28-17(9-13)20(22,23)24/h2-11,18H,1H3,(H,28,31). The van der Waals surface area contributed by atoms with E-state index < -0.39 is 24.1 Å². The van der Waals surface area contributed by atoms with Crippen LogP contribution in [0.4, 0.5) is 32.0 Å². The van der Waals surface area contributed by atoms with Gasteiger partial charge in [0.2, 0.25) is 5.88 Å². The number of pyridine rings is 2. The van der Waals surface area contributed by atoms with Crippen LogP contribution in [0, 0.1) is 0 Å². The van der Waals surface area contributed by atoms with Crippen LogP contribution < -0.4 is 10.1 Å². The SMILES string of the molecule is COc1nccc2c(-n3cc(C(Nc4ccnc(C(F)(F)F)c4)C(F)(F)F)cn3)cccc12. The van der Waals surface area contributed by atoms with Gasteiger partial charge in [-0.3, -0.25) is 4.98 Å². The molecule has 0 saturated carbocycles. The fourth-order valence-corrected chi connectivity index (χ4v) is 3.34. The minimum atomic E-state index is -4.82. The highest BCUT2D eigenvalue weighted by molar-refractivity contribution is 5.93. The van der Waals surface area contributed by atoms with Gasteiger partial charge in [-0.05, 0) is 30.3 Å². The number of methoxy groups -OCH3 is 1. The summed E-state index contributed by atoms with van der Waals surface area (Å²) in [6, 6.07) is 6.00. The minimum Gasteiger partial charge on any atom is -0.481 e. The summed E-state index contributed by atoms with van der Waals surface area (Å²) in [4.78, 5) is 7.26. The molecule has 1 unspecified atom stereocenters. The van der Waals surface area contributed by atoms with E-state index in [0.717, 1.165) is 18.5 Å². The monoisotopic (exact) mass is 467 g/mol. The van der Waals surface area contributed by atoms with Gasteiger partial charge in [0.15, 0.2) is 6.04 Å². The number of alkyl halides is 6. The van der Waals surface area contributed by atoms with Crippen LogP contribution in [0.5, 0.6) is 5.88 Å². The molecule has 0 aliphatic heterocycles. The summed E-state index contributed by atoms with van der Waals surface area (Å²) in [6.07, 6.45) is -5.15. The zero-order valence-electron chi connectivity index (χ0n) is 16.8. The molecular formula is C21H15F6N5O. The van der Waals surface area contributed by atoms with Crippen LogP contribution in [-0.2, 0) is 6.18 Å². The average Bonchev–Trinajstić information content (AvgIpc) is 3.25. The van der Waals surface area contributed by atoms with Crippen LogP contribution in [0.3, 0.4) is 0 Å². The summed E-state index contributed by atoms with van der Waals surface area (Å²) in [7, 11) is 1.45. The van der Waals surface area contributed by atoms with Gasteiger partial charge < -0.3 is 10.1 Å². The lowest BCUT2D eigenvalue weighted by atomic mass is 10.1. The number of ether oxygens (including phenoxy) is 1. The van der Waals surface area contributed by atoms with E-state index >= 15 is 0 Å². The number of fused-ring (bicyclic) bond motifs is 1. The maximum absolute atomic E-state index is 13.8. The smallest absolute Gasteiger partial charge is 0.433 e. The van der Waals surface area contributed by atoms with E-state index in [2.05, 4.69) is 20.4 Å². The number of halogens is 6. The third-order valence-corrected chi connectivity index (χ3v) is 4.81. The fourth-order valence-electron chi connectivity index (χ4n) is 3.34. The van der Waals surface area contributed by atoms with E-state index in [1.807, 2.05) is 0 Å². The highest BCUT2D eigenvalue weighted by atomic mass is 19.4. The Morgan fingerprint density at radius 1 is 0.970 bits per heavy atom. The molecule has 4 aromatic rings. The van der Waals surface area contributed by atoms with E-state index in [1.165, 1.54) is 24.2 Å². The van der Waals surface area contributed by atoms with Crippen LogP contribution in [-0.4, -0.2) is 33.0 Å². The maximum atomic E-state index is 13.8. The van der Waals surface area contributed by atoms with Gasteiger partial charge in [-0.15, -0.1) is 0 Å². The summed E-state index contributed by atoms with van der Waals surface area (Å²) in [5.74, 6) is 0.342. The Morgan fingerprint density at radius 3 is 2.42 bits per heavy atom. The van der Waals surface area contributed by atoms with Crippen LogP contribution >= 0.6 is 0 Å². The molecule has 3 heterocycles. The first-order valence-corrected chi connectivity index (χ1v) is 9.41. The van der Waals surface area contributed by atoms with Crippen molar-refractivity contribution in [3.05, 3.63) is 72.4 Å². The van der Waals surface area contributed by atoms with E-state index in [1.54, 1.807) is 24.3 Å². The molecule has 12 heteroatoms. The third kappa shape index (κ3) is 4.54. The number of hydrogen-bond acceptors (Lipinski definition) is 5. The predicted molar refractivity (Wildman–Crippen MR) is 107 cm³/mol. The van der Waals surface area contributed by atoms with Crippen LogP contribution in [0.25, 0.3) is 16.5 Å². The predicted octanol–water partition coefficient (Wildman–Crippen LogP) is 5.56. The highest BCUT2D eigenvalue weighted by Crippen LogP contribution is 2.37. The Bertz CT molecular complexity index is 1280. The van der Waals surface area contributed by atoms with Gasteiger partial charge in [-0.2, -0.15) is 31.4 Å². The molecule has 4 rings (SSSR count). The lowest BCUT2D eigenvalue weighted by molar-refractivity contribution is -0.144. The molecule has 6 nitrogen and oxygen atoms in total. The summed E-state index contributed by atoms with van der Waals surface area (Å²) < 4.78 is 86.6. The number of aromatic nitrogens is 4. The van der Waals surface area contributed by atoms with Crippen molar-refractivity contribution >= 4 is 16.5 Å². The van der Waals surface area contributed by atoms with Crippen molar-refractivity contribution in [2.45, 2.75) is 18.4 Å². The summed E-state index contributed by atoms with van der Waals surface area (Å²) >= 11 is 0. The Labute approximate surface area is 182 Å². The molecule has 0 fully saturated rings. The molecule has 3 aromatic heterocycles. The third-order valence-electron chi connectivity index (χ3n) is 4.81. The Balaban J connectivity index is 1.72. The molecule has 0 amide bonds. The van der Waals surface area contributed by atoms with Crippen molar-refractivity contribution in [2.75, 3.05) is 12.4 Å². The van der Waals surface area contributed by atoms with Crippen molar-refractivity contribution in [1.82, 2.24) is 19.7 Å². The lowest BCUT2D eigenvalue weighted by Gasteiger charge is -2.22. The second-order valence-corrected chi connectivity index (χ2v) is 6.96. The molecule has 1 atom stereocenters. The summed E-state index contributed by atoms with van der Waals surface area (Å²) in [5, 5.41) is 7.44. The molecule has 0 radical (unpaired) electrons. The van der Waals surface area contributed by atoms with Gasteiger partial charge in [0.05, 0.1) is 19.0 Å². The van der Waals surface area contributed by atoms with Crippen LogP contribution in [0.1, 0.15) is 17.3 Å². The minimum absolute atomic E-state index is 0.286. The van der Waals surface area contributed by atoms with Gasteiger partial charge in [-0.25, -0.2) is 9.67 Å².